The maximum Gasteiger partial charge on any atom is 0.125 e. The second-order valence-corrected chi connectivity index (χ2v) is 3.76. The predicted octanol–water partition coefficient (Wildman–Crippen LogP) is 1.01. The van der Waals surface area contributed by atoms with E-state index >= 15 is 0 Å². The van der Waals surface area contributed by atoms with Gasteiger partial charge in [-0.25, -0.2) is 9.97 Å². The molecule has 2 heterocycles. The average molecular weight is 207 g/mol. The fourth-order valence-corrected chi connectivity index (χ4v) is 1.83. The van der Waals surface area contributed by atoms with Gasteiger partial charge in [-0.15, -0.1) is 0 Å². The van der Waals surface area contributed by atoms with Crippen LogP contribution in [0.25, 0.3) is 0 Å². The van der Waals surface area contributed by atoms with Crippen LogP contribution in [0.2, 0.25) is 0 Å². The molecule has 1 aromatic rings. The number of nitrogens with zero attached hydrogens (tertiary/aromatic N) is 2. The number of aromatic nitrogens is 2. The van der Waals surface area contributed by atoms with E-state index in [0.29, 0.717) is 6.61 Å². The molecule has 15 heavy (non-hydrogen) atoms. The standard InChI is InChI=1S/C11H17N3O/c1-3-9-6-13-8(2)14-11(9)10-7-15-5-4-12-10/h6,10,12H,3-5,7H2,1-2H3. The predicted molar refractivity (Wildman–Crippen MR) is 57.7 cm³/mol. The molecule has 1 fully saturated rings. The Labute approximate surface area is 90.1 Å². The molecule has 1 aromatic heterocycles. The Morgan fingerprint density at radius 1 is 1.60 bits per heavy atom. The van der Waals surface area contributed by atoms with Gasteiger partial charge in [0.2, 0.25) is 0 Å². The van der Waals surface area contributed by atoms with Gasteiger partial charge >= 0.3 is 0 Å². The molecule has 0 saturated carbocycles. The molecule has 1 saturated heterocycles. The van der Waals surface area contributed by atoms with Crippen molar-refractivity contribution in [2.75, 3.05) is 19.8 Å². The van der Waals surface area contributed by atoms with Gasteiger partial charge in [-0.2, -0.15) is 0 Å². The summed E-state index contributed by atoms with van der Waals surface area (Å²) in [6.45, 7) is 6.45. The molecule has 1 N–H and O–H groups in total. The minimum Gasteiger partial charge on any atom is -0.378 e. The Morgan fingerprint density at radius 2 is 2.47 bits per heavy atom. The molecule has 82 valence electrons. The SMILES string of the molecule is CCc1cnc(C)nc1C1COCCN1. The molecule has 0 aliphatic carbocycles. The molecule has 0 aromatic carbocycles. The van der Waals surface area contributed by atoms with Gasteiger partial charge in [0.05, 0.1) is 24.9 Å². The van der Waals surface area contributed by atoms with Gasteiger partial charge in [-0.3, -0.25) is 0 Å². The van der Waals surface area contributed by atoms with Crippen molar-refractivity contribution in [3.8, 4) is 0 Å². The van der Waals surface area contributed by atoms with Crippen molar-refractivity contribution in [2.24, 2.45) is 0 Å². The highest BCUT2D eigenvalue weighted by molar-refractivity contribution is 5.21. The lowest BCUT2D eigenvalue weighted by molar-refractivity contribution is 0.0752. The third-order valence-corrected chi connectivity index (χ3v) is 2.65. The monoisotopic (exact) mass is 207 g/mol. The molecular weight excluding hydrogens is 190 g/mol. The van der Waals surface area contributed by atoms with Gasteiger partial charge in [-0.1, -0.05) is 6.92 Å². The van der Waals surface area contributed by atoms with E-state index in [9.17, 15) is 0 Å². The second kappa shape index (κ2) is 4.68. The van der Waals surface area contributed by atoms with Crippen LogP contribution in [-0.4, -0.2) is 29.7 Å². The van der Waals surface area contributed by atoms with Crippen LogP contribution in [0.4, 0.5) is 0 Å². The molecular formula is C11H17N3O. The number of morpholine rings is 1. The molecule has 1 unspecified atom stereocenters. The summed E-state index contributed by atoms with van der Waals surface area (Å²) in [5.41, 5.74) is 2.31. The lowest BCUT2D eigenvalue weighted by atomic mass is 10.1. The van der Waals surface area contributed by atoms with Gasteiger partial charge in [0.15, 0.2) is 0 Å². The van der Waals surface area contributed by atoms with Crippen molar-refractivity contribution >= 4 is 0 Å². The second-order valence-electron chi connectivity index (χ2n) is 3.76. The largest absolute Gasteiger partial charge is 0.378 e. The minimum absolute atomic E-state index is 0.232. The molecule has 0 amide bonds. The third-order valence-electron chi connectivity index (χ3n) is 2.65. The van der Waals surface area contributed by atoms with E-state index in [1.54, 1.807) is 0 Å². The Balaban J connectivity index is 2.27. The lowest BCUT2D eigenvalue weighted by Crippen LogP contribution is -2.35. The van der Waals surface area contributed by atoms with Crippen LogP contribution in [0.1, 0.15) is 30.0 Å². The van der Waals surface area contributed by atoms with Gasteiger partial charge in [-0.05, 0) is 18.9 Å². The molecule has 1 aliphatic rings. The van der Waals surface area contributed by atoms with Crippen LogP contribution in [-0.2, 0) is 11.2 Å². The summed E-state index contributed by atoms with van der Waals surface area (Å²) >= 11 is 0. The normalized spacial score (nSPS) is 21.6. The number of aryl methyl sites for hydroxylation is 2. The van der Waals surface area contributed by atoms with E-state index in [2.05, 4.69) is 22.2 Å². The first-order valence-electron chi connectivity index (χ1n) is 5.44. The molecule has 0 radical (unpaired) electrons. The highest BCUT2D eigenvalue weighted by atomic mass is 16.5. The van der Waals surface area contributed by atoms with E-state index in [1.165, 1.54) is 5.56 Å². The summed E-state index contributed by atoms with van der Waals surface area (Å²) in [6.07, 6.45) is 2.89. The quantitative estimate of drug-likeness (QED) is 0.786. The zero-order valence-electron chi connectivity index (χ0n) is 9.29. The van der Waals surface area contributed by atoms with E-state index in [-0.39, 0.29) is 6.04 Å². The van der Waals surface area contributed by atoms with Gasteiger partial charge in [0, 0.05) is 12.7 Å². The maximum atomic E-state index is 5.45. The molecule has 2 rings (SSSR count). The zero-order chi connectivity index (χ0) is 10.7. The van der Waals surface area contributed by atoms with Gasteiger partial charge in [0.1, 0.15) is 5.82 Å². The highest BCUT2D eigenvalue weighted by Gasteiger charge is 2.19. The summed E-state index contributed by atoms with van der Waals surface area (Å²) in [5, 5.41) is 3.42. The van der Waals surface area contributed by atoms with Crippen LogP contribution in [0.3, 0.4) is 0 Å². The topological polar surface area (TPSA) is 47.0 Å². The Morgan fingerprint density at radius 3 is 3.13 bits per heavy atom. The number of rotatable bonds is 2. The van der Waals surface area contributed by atoms with Crippen molar-refractivity contribution in [2.45, 2.75) is 26.3 Å². The summed E-state index contributed by atoms with van der Waals surface area (Å²) < 4.78 is 5.45. The van der Waals surface area contributed by atoms with Crippen LogP contribution < -0.4 is 5.32 Å². The van der Waals surface area contributed by atoms with Gasteiger partial charge in [0.25, 0.3) is 0 Å². The fraction of sp³-hybridized carbons (Fsp3) is 0.636. The van der Waals surface area contributed by atoms with Crippen molar-refractivity contribution in [3.63, 3.8) is 0 Å². The van der Waals surface area contributed by atoms with E-state index in [4.69, 9.17) is 4.74 Å². The van der Waals surface area contributed by atoms with Gasteiger partial charge < -0.3 is 10.1 Å². The number of hydrogen-bond donors (Lipinski definition) is 1. The molecule has 4 heteroatoms. The number of hydrogen-bond acceptors (Lipinski definition) is 4. The van der Waals surface area contributed by atoms with E-state index in [0.717, 1.165) is 31.1 Å². The summed E-state index contributed by atoms with van der Waals surface area (Å²) in [5.74, 6) is 0.828. The maximum absolute atomic E-state index is 5.45. The smallest absolute Gasteiger partial charge is 0.125 e. The van der Waals surface area contributed by atoms with Crippen LogP contribution >= 0.6 is 0 Å². The number of ether oxygens (including phenoxy) is 1. The van der Waals surface area contributed by atoms with Crippen LogP contribution in [0.5, 0.6) is 0 Å². The molecule has 0 bridgehead atoms. The third kappa shape index (κ3) is 2.33. The first-order valence-corrected chi connectivity index (χ1v) is 5.44. The first-order chi connectivity index (χ1) is 7.31. The fourth-order valence-electron chi connectivity index (χ4n) is 1.83. The summed E-state index contributed by atoms with van der Waals surface area (Å²) in [7, 11) is 0. The Kier molecular flexibility index (Phi) is 3.28. The Hall–Kier alpha value is -1.00. The average Bonchev–Trinajstić information content (AvgIpc) is 2.30. The zero-order valence-corrected chi connectivity index (χ0v) is 9.29. The number of nitrogens with one attached hydrogen (secondary N) is 1. The van der Waals surface area contributed by atoms with Crippen LogP contribution in [0.15, 0.2) is 6.20 Å². The molecule has 4 nitrogen and oxygen atoms in total. The van der Waals surface area contributed by atoms with Crippen molar-refractivity contribution in [3.05, 3.63) is 23.3 Å². The summed E-state index contributed by atoms with van der Waals surface area (Å²) in [6, 6.07) is 0.232. The van der Waals surface area contributed by atoms with E-state index < -0.39 is 0 Å². The van der Waals surface area contributed by atoms with Crippen molar-refractivity contribution in [1.82, 2.24) is 15.3 Å². The highest BCUT2D eigenvalue weighted by Crippen LogP contribution is 2.18. The summed E-state index contributed by atoms with van der Waals surface area (Å²) in [4.78, 5) is 8.74. The van der Waals surface area contributed by atoms with E-state index in [1.807, 2.05) is 13.1 Å². The molecule has 0 spiro atoms. The van der Waals surface area contributed by atoms with Crippen LogP contribution in [0, 0.1) is 6.92 Å². The lowest BCUT2D eigenvalue weighted by Gasteiger charge is -2.24. The first kappa shape index (κ1) is 10.5. The Bertz CT molecular complexity index is 335. The van der Waals surface area contributed by atoms with Crippen molar-refractivity contribution < 1.29 is 4.74 Å². The minimum atomic E-state index is 0.232. The van der Waals surface area contributed by atoms with Crippen molar-refractivity contribution in [1.29, 1.82) is 0 Å². The molecule has 1 atom stereocenters. The molecule has 1 aliphatic heterocycles.